The number of hydrogen-bond donors (Lipinski definition) is 2. The van der Waals surface area contributed by atoms with Gasteiger partial charge in [-0.05, 0) is 43.2 Å². The number of rotatable bonds is 5. The molecule has 1 amide bonds. The van der Waals surface area contributed by atoms with Crippen molar-refractivity contribution in [2.75, 3.05) is 11.9 Å². The minimum atomic E-state index is -0.165. The first kappa shape index (κ1) is 15.2. The number of anilines is 1. The Hall–Kier alpha value is -2.75. The molecule has 0 atom stereocenters. The molecule has 1 aromatic heterocycles. The van der Waals surface area contributed by atoms with Crippen molar-refractivity contribution >= 4 is 22.5 Å². The topological polar surface area (TPSA) is 54.1 Å². The van der Waals surface area contributed by atoms with E-state index in [-0.39, 0.29) is 12.5 Å². The average molecular weight is 308 g/mol. The highest BCUT2D eigenvalue weighted by Crippen LogP contribution is 2.24. The summed E-state index contributed by atoms with van der Waals surface area (Å²) in [5.74, 6) is 0.600. The Balaban J connectivity index is 1.69. The van der Waals surface area contributed by atoms with Gasteiger partial charge in [0.15, 0.2) is 6.61 Å². The molecule has 0 fully saturated rings. The molecule has 2 N–H and O–H groups in total. The molecule has 0 bridgehead atoms. The van der Waals surface area contributed by atoms with E-state index in [9.17, 15) is 4.79 Å². The Morgan fingerprint density at radius 2 is 2.00 bits per heavy atom. The fraction of sp³-hybridized carbons (Fsp3) is 0.211. The third kappa shape index (κ3) is 3.37. The number of carbonyl (C=O) groups is 1. The number of para-hydroxylation sites is 1. The molecule has 1 heterocycles. The van der Waals surface area contributed by atoms with E-state index in [1.807, 2.05) is 55.5 Å². The van der Waals surface area contributed by atoms with Crippen molar-refractivity contribution in [1.29, 1.82) is 0 Å². The van der Waals surface area contributed by atoms with Crippen LogP contribution in [-0.4, -0.2) is 17.5 Å². The number of aromatic nitrogens is 1. The first-order valence-corrected chi connectivity index (χ1v) is 7.76. The molecular formula is C19H20N2O2. The van der Waals surface area contributed by atoms with E-state index in [0.29, 0.717) is 0 Å². The van der Waals surface area contributed by atoms with Crippen LogP contribution in [-0.2, 0) is 11.2 Å². The molecule has 0 aliphatic carbocycles. The van der Waals surface area contributed by atoms with Crippen molar-refractivity contribution in [3.8, 4) is 5.75 Å². The summed E-state index contributed by atoms with van der Waals surface area (Å²) in [5, 5.41) is 3.93. The van der Waals surface area contributed by atoms with Gasteiger partial charge in [-0.25, -0.2) is 0 Å². The van der Waals surface area contributed by atoms with E-state index in [0.717, 1.165) is 40.0 Å². The van der Waals surface area contributed by atoms with E-state index in [1.54, 1.807) is 0 Å². The number of amides is 1. The van der Waals surface area contributed by atoms with Crippen LogP contribution in [0.5, 0.6) is 5.75 Å². The molecule has 0 unspecified atom stereocenters. The predicted octanol–water partition coefficient (Wildman–Crippen LogP) is 4.06. The minimum Gasteiger partial charge on any atom is -0.483 e. The zero-order valence-electron chi connectivity index (χ0n) is 13.3. The zero-order valence-corrected chi connectivity index (χ0v) is 13.3. The Labute approximate surface area is 135 Å². The lowest BCUT2D eigenvalue weighted by atomic mass is 10.1. The van der Waals surface area contributed by atoms with Crippen molar-refractivity contribution in [3.63, 3.8) is 0 Å². The van der Waals surface area contributed by atoms with Gasteiger partial charge in [-0.3, -0.25) is 4.79 Å². The highest BCUT2D eigenvalue weighted by Gasteiger charge is 2.09. The van der Waals surface area contributed by atoms with E-state index in [1.165, 1.54) is 0 Å². The Bertz CT molecular complexity index is 836. The monoisotopic (exact) mass is 308 g/mol. The van der Waals surface area contributed by atoms with Crippen LogP contribution < -0.4 is 10.1 Å². The summed E-state index contributed by atoms with van der Waals surface area (Å²) in [6.45, 7) is 4.06. The molecule has 3 aromatic rings. The summed E-state index contributed by atoms with van der Waals surface area (Å²) in [5.41, 5.74) is 3.97. The summed E-state index contributed by atoms with van der Waals surface area (Å²) in [4.78, 5) is 15.5. The van der Waals surface area contributed by atoms with Crippen LogP contribution in [0.25, 0.3) is 10.9 Å². The number of carbonyl (C=O) groups excluding carboxylic acids is 1. The fourth-order valence-electron chi connectivity index (χ4n) is 2.67. The SMILES string of the molecule is CCc1ccccc1OCC(=O)Nc1cccc2[nH]c(C)cc12. The van der Waals surface area contributed by atoms with Crippen molar-refractivity contribution < 1.29 is 9.53 Å². The molecule has 2 aromatic carbocycles. The van der Waals surface area contributed by atoms with Gasteiger partial charge in [0, 0.05) is 16.6 Å². The summed E-state index contributed by atoms with van der Waals surface area (Å²) < 4.78 is 5.66. The number of ether oxygens (including phenoxy) is 1. The van der Waals surface area contributed by atoms with Crippen LogP contribution in [0.4, 0.5) is 5.69 Å². The van der Waals surface area contributed by atoms with Crippen LogP contribution >= 0.6 is 0 Å². The highest BCUT2D eigenvalue weighted by molar-refractivity contribution is 6.02. The van der Waals surface area contributed by atoms with Crippen LogP contribution in [0.3, 0.4) is 0 Å². The van der Waals surface area contributed by atoms with Crippen molar-refractivity contribution in [1.82, 2.24) is 4.98 Å². The second-order valence-corrected chi connectivity index (χ2v) is 5.52. The lowest BCUT2D eigenvalue weighted by molar-refractivity contribution is -0.118. The molecule has 0 saturated carbocycles. The third-order valence-corrected chi connectivity index (χ3v) is 3.79. The maximum absolute atomic E-state index is 12.2. The molecular weight excluding hydrogens is 288 g/mol. The van der Waals surface area contributed by atoms with Crippen LogP contribution in [0, 0.1) is 6.92 Å². The molecule has 3 rings (SSSR count). The molecule has 118 valence electrons. The largest absolute Gasteiger partial charge is 0.483 e. The number of hydrogen-bond acceptors (Lipinski definition) is 2. The minimum absolute atomic E-state index is 0.00317. The maximum atomic E-state index is 12.2. The highest BCUT2D eigenvalue weighted by atomic mass is 16.5. The smallest absolute Gasteiger partial charge is 0.262 e. The standard InChI is InChI=1S/C19H20N2O2/c1-3-14-7-4-5-10-18(14)23-12-19(22)21-17-9-6-8-16-15(17)11-13(2)20-16/h4-11,20H,3,12H2,1-2H3,(H,21,22). The van der Waals surface area contributed by atoms with Crippen LogP contribution in [0.2, 0.25) is 0 Å². The van der Waals surface area contributed by atoms with Gasteiger partial charge in [-0.1, -0.05) is 31.2 Å². The quantitative estimate of drug-likeness (QED) is 0.747. The van der Waals surface area contributed by atoms with Gasteiger partial charge in [0.25, 0.3) is 5.91 Å². The van der Waals surface area contributed by atoms with E-state index >= 15 is 0 Å². The Morgan fingerprint density at radius 3 is 2.83 bits per heavy atom. The second-order valence-electron chi connectivity index (χ2n) is 5.52. The number of fused-ring (bicyclic) bond motifs is 1. The van der Waals surface area contributed by atoms with Gasteiger partial charge in [-0.15, -0.1) is 0 Å². The normalized spacial score (nSPS) is 10.7. The Kier molecular flexibility index (Phi) is 4.33. The van der Waals surface area contributed by atoms with Gasteiger partial charge >= 0.3 is 0 Å². The predicted molar refractivity (Wildman–Crippen MR) is 93.0 cm³/mol. The van der Waals surface area contributed by atoms with E-state index in [2.05, 4.69) is 17.2 Å². The summed E-state index contributed by atoms with van der Waals surface area (Å²) >= 11 is 0. The van der Waals surface area contributed by atoms with Gasteiger partial charge < -0.3 is 15.0 Å². The number of benzene rings is 2. The molecule has 0 saturated heterocycles. The van der Waals surface area contributed by atoms with Crippen LogP contribution in [0.15, 0.2) is 48.5 Å². The molecule has 23 heavy (non-hydrogen) atoms. The summed E-state index contributed by atoms with van der Waals surface area (Å²) in [7, 11) is 0. The third-order valence-electron chi connectivity index (χ3n) is 3.79. The Morgan fingerprint density at radius 1 is 1.17 bits per heavy atom. The van der Waals surface area contributed by atoms with Gasteiger partial charge in [0.1, 0.15) is 5.75 Å². The van der Waals surface area contributed by atoms with Crippen molar-refractivity contribution in [3.05, 3.63) is 59.8 Å². The number of aromatic amines is 1. The first-order chi connectivity index (χ1) is 11.2. The first-order valence-electron chi connectivity index (χ1n) is 7.76. The summed E-state index contributed by atoms with van der Waals surface area (Å²) in [6, 6.07) is 15.6. The molecule has 4 heteroatoms. The van der Waals surface area contributed by atoms with Gasteiger partial charge in [-0.2, -0.15) is 0 Å². The van der Waals surface area contributed by atoms with Crippen LogP contribution in [0.1, 0.15) is 18.2 Å². The lowest BCUT2D eigenvalue weighted by Gasteiger charge is -2.11. The maximum Gasteiger partial charge on any atom is 0.262 e. The molecule has 0 spiro atoms. The molecule has 0 radical (unpaired) electrons. The average Bonchev–Trinajstić information content (AvgIpc) is 2.94. The number of aryl methyl sites for hydroxylation is 2. The fourth-order valence-corrected chi connectivity index (χ4v) is 2.67. The lowest BCUT2D eigenvalue weighted by Crippen LogP contribution is -2.20. The molecule has 4 nitrogen and oxygen atoms in total. The number of nitrogens with one attached hydrogen (secondary N) is 2. The van der Waals surface area contributed by atoms with Crippen molar-refractivity contribution in [2.24, 2.45) is 0 Å². The van der Waals surface area contributed by atoms with E-state index < -0.39 is 0 Å². The van der Waals surface area contributed by atoms with Gasteiger partial charge in [0.2, 0.25) is 0 Å². The van der Waals surface area contributed by atoms with Gasteiger partial charge in [0.05, 0.1) is 5.69 Å². The van der Waals surface area contributed by atoms with Crippen molar-refractivity contribution in [2.45, 2.75) is 20.3 Å². The molecule has 0 aliphatic heterocycles. The second kappa shape index (κ2) is 6.57. The van der Waals surface area contributed by atoms with E-state index in [4.69, 9.17) is 4.74 Å². The number of H-pyrrole nitrogens is 1. The zero-order chi connectivity index (χ0) is 16.2. The molecule has 0 aliphatic rings. The summed E-state index contributed by atoms with van der Waals surface area (Å²) in [6.07, 6.45) is 0.875.